The topological polar surface area (TPSA) is 50.8 Å². The molecule has 2 N–H and O–H groups in total. The lowest BCUT2D eigenvalue weighted by atomic mass is 10.1. The van der Waals surface area contributed by atoms with Crippen LogP contribution in [0.5, 0.6) is 11.5 Å². The Labute approximate surface area is 203 Å². The highest BCUT2D eigenvalue weighted by Gasteiger charge is 2.15. The Morgan fingerprint density at radius 3 is 1.50 bits per heavy atom. The van der Waals surface area contributed by atoms with Crippen molar-refractivity contribution in [3.63, 3.8) is 0 Å². The molecule has 0 aliphatic heterocycles. The third kappa shape index (κ3) is 6.19. The molecule has 0 spiro atoms. The maximum absolute atomic E-state index is 10.5. The van der Waals surface area contributed by atoms with Gasteiger partial charge in [0.15, 0.2) is 6.54 Å². The highest BCUT2D eigenvalue weighted by Crippen LogP contribution is 2.26. The average Bonchev–Trinajstić information content (AvgIpc) is 2.78. The van der Waals surface area contributed by atoms with Gasteiger partial charge in [-0.2, -0.15) is 4.57 Å². The van der Waals surface area contributed by atoms with Gasteiger partial charge in [-0.25, -0.2) is 0 Å². The number of hydrogen-bond donors (Lipinski definition) is 2. The van der Waals surface area contributed by atoms with E-state index in [0.717, 1.165) is 40.4 Å². The summed E-state index contributed by atoms with van der Waals surface area (Å²) >= 11 is 0. The zero-order chi connectivity index (χ0) is 24.8. The van der Waals surface area contributed by atoms with Gasteiger partial charge in [-0.15, -0.1) is 0 Å². The fourth-order valence-electron chi connectivity index (χ4n) is 3.69. The normalized spacial score (nSPS) is 11.6. The summed E-state index contributed by atoms with van der Waals surface area (Å²) in [6.45, 7) is 5.23. The number of rotatable bonds is 8. The molecule has 1 aromatic heterocycles. The van der Waals surface area contributed by atoms with Gasteiger partial charge in [0.05, 0.1) is 0 Å². The molecule has 0 amide bonds. The molecular weight excluding hydrogens is 422 g/mol. The van der Waals surface area contributed by atoms with E-state index in [1.54, 1.807) is 12.1 Å². The number of phenols is 2. The molecule has 0 radical (unpaired) electrons. The first-order chi connectivity index (χ1) is 16.2. The van der Waals surface area contributed by atoms with Crippen LogP contribution >= 0.6 is 0 Å². The monoisotopic (exact) mass is 458 g/mol. The first-order valence-electron chi connectivity index (χ1n) is 11.6. The van der Waals surface area contributed by atoms with Crippen molar-refractivity contribution in [2.75, 3.05) is 38.0 Å². The summed E-state index contributed by atoms with van der Waals surface area (Å²) in [5.74, 6) is 0.961. The van der Waals surface area contributed by atoms with Crippen LogP contribution in [0.2, 0.25) is 0 Å². The first kappa shape index (κ1) is 24.9. The van der Waals surface area contributed by atoms with Gasteiger partial charge in [0.25, 0.3) is 0 Å². The third-order valence-corrected chi connectivity index (χ3v) is 5.63. The fraction of sp³-hybridized carbons (Fsp3) is 0.276. The van der Waals surface area contributed by atoms with Crippen molar-refractivity contribution >= 4 is 35.7 Å². The van der Waals surface area contributed by atoms with Crippen LogP contribution in [-0.2, 0) is 6.54 Å². The highest BCUT2D eigenvalue weighted by atomic mass is 16.3. The second kappa shape index (κ2) is 10.9. The van der Waals surface area contributed by atoms with Gasteiger partial charge < -0.3 is 20.0 Å². The van der Waals surface area contributed by atoms with Crippen molar-refractivity contribution in [2.24, 2.45) is 5.92 Å². The van der Waals surface area contributed by atoms with Gasteiger partial charge in [-0.1, -0.05) is 13.8 Å². The summed E-state index contributed by atoms with van der Waals surface area (Å²) in [5.41, 5.74) is 5.54. The number of anilines is 2. The molecule has 34 heavy (non-hydrogen) atoms. The van der Waals surface area contributed by atoms with E-state index >= 15 is 0 Å². The van der Waals surface area contributed by atoms with Crippen LogP contribution in [0.4, 0.5) is 11.4 Å². The molecule has 2 aromatic carbocycles. The van der Waals surface area contributed by atoms with Crippen LogP contribution in [0.15, 0.2) is 54.6 Å². The number of nitrogens with zero attached hydrogens (tertiary/aromatic N) is 3. The summed E-state index contributed by atoms with van der Waals surface area (Å²) in [5, 5.41) is 20.9. The lowest BCUT2D eigenvalue weighted by Gasteiger charge is -2.13. The molecule has 3 aromatic rings. The van der Waals surface area contributed by atoms with Crippen molar-refractivity contribution < 1.29 is 14.8 Å². The maximum atomic E-state index is 10.5. The van der Waals surface area contributed by atoms with Gasteiger partial charge in [-0.05, 0) is 42.5 Å². The Bertz CT molecular complexity index is 1110. The van der Waals surface area contributed by atoms with Crippen molar-refractivity contribution in [1.82, 2.24) is 0 Å². The van der Waals surface area contributed by atoms with Gasteiger partial charge in [0, 0.05) is 93.0 Å². The predicted molar refractivity (Wildman–Crippen MR) is 144 cm³/mol. The number of aromatic hydroxyl groups is 2. The van der Waals surface area contributed by atoms with Crippen LogP contribution in [0.1, 0.15) is 36.4 Å². The molecule has 0 aliphatic rings. The maximum Gasteiger partial charge on any atom is 0.205 e. The molecule has 5 nitrogen and oxygen atoms in total. The van der Waals surface area contributed by atoms with E-state index in [2.05, 4.69) is 30.5 Å². The van der Waals surface area contributed by atoms with Crippen LogP contribution in [0, 0.1) is 5.92 Å². The van der Waals surface area contributed by atoms with Crippen LogP contribution in [0.25, 0.3) is 24.3 Å². The van der Waals surface area contributed by atoms with Crippen molar-refractivity contribution in [1.29, 1.82) is 0 Å². The molecule has 0 fully saturated rings. The van der Waals surface area contributed by atoms with Crippen molar-refractivity contribution in [3.05, 3.63) is 77.1 Å². The van der Waals surface area contributed by atoms with E-state index < -0.39 is 0 Å². The van der Waals surface area contributed by atoms with Crippen LogP contribution < -0.4 is 14.4 Å². The summed E-state index contributed by atoms with van der Waals surface area (Å²) < 4.78 is 2.26. The largest absolute Gasteiger partial charge is 0.507 e. The Hall–Kier alpha value is -3.73. The number of aromatic nitrogens is 1. The number of phenolic OH excluding ortho intramolecular Hbond substituents is 2. The minimum absolute atomic E-state index is 0.255. The van der Waals surface area contributed by atoms with E-state index in [-0.39, 0.29) is 11.5 Å². The predicted octanol–water partition coefficient (Wildman–Crippen LogP) is 5.51. The number of pyridine rings is 1. The molecule has 5 heteroatoms. The van der Waals surface area contributed by atoms with E-state index in [1.807, 2.05) is 92.6 Å². The molecule has 0 saturated carbocycles. The van der Waals surface area contributed by atoms with E-state index in [1.165, 1.54) is 0 Å². The Morgan fingerprint density at radius 1 is 0.706 bits per heavy atom. The highest BCUT2D eigenvalue weighted by molar-refractivity contribution is 5.74. The smallest absolute Gasteiger partial charge is 0.205 e. The van der Waals surface area contributed by atoms with Crippen molar-refractivity contribution in [3.8, 4) is 11.5 Å². The summed E-state index contributed by atoms with van der Waals surface area (Å²) in [4.78, 5) is 3.93. The summed E-state index contributed by atoms with van der Waals surface area (Å²) in [6, 6.07) is 17.6. The average molecular weight is 459 g/mol. The Kier molecular flexibility index (Phi) is 8.00. The second-order valence-corrected chi connectivity index (χ2v) is 9.32. The van der Waals surface area contributed by atoms with Crippen LogP contribution in [-0.4, -0.2) is 38.4 Å². The van der Waals surface area contributed by atoms with E-state index in [0.29, 0.717) is 5.92 Å². The number of hydrogen-bond acceptors (Lipinski definition) is 4. The van der Waals surface area contributed by atoms with E-state index in [4.69, 9.17) is 0 Å². The molecule has 3 rings (SSSR count). The Balaban J connectivity index is 1.95. The lowest BCUT2D eigenvalue weighted by molar-refractivity contribution is -0.705. The fourth-order valence-corrected chi connectivity index (χ4v) is 3.69. The lowest BCUT2D eigenvalue weighted by Crippen LogP contribution is -2.42. The van der Waals surface area contributed by atoms with Gasteiger partial charge in [0.2, 0.25) is 11.4 Å². The van der Waals surface area contributed by atoms with E-state index in [9.17, 15) is 10.2 Å². The SMILES string of the molecule is CC(C)C[n+]1c(/C=C/c2ccc(N(C)C)cc2O)cccc1/C=C/c1ccc(N(C)C)cc1O. The molecule has 1 heterocycles. The number of benzene rings is 2. The second-order valence-electron chi connectivity index (χ2n) is 9.32. The summed E-state index contributed by atoms with van der Waals surface area (Å²) in [7, 11) is 7.81. The molecule has 0 saturated heterocycles. The van der Waals surface area contributed by atoms with Gasteiger partial charge in [0.1, 0.15) is 11.5 Å². The van der Waals surface area contributed by atoms with Gasteiger partial charge >= 0.3 is 0 Å². The first-order valence-corrected chi connectivity index (χ1v) is 11.6. The zero-order valence-corrected chi connectivity index (χ0v) is 21.0. The molecule has 0 aliphatic carbocycles. The van der Waals surface area contributed by atoms with Gasteiger partial charge in [-0.3, -0.25) is 0 Å². The zero-order valence-electron chi connectivity index (χ0n) is 21.0. The molecule has 0 unspecified atom stereocenters. The molecule has 178 valence electrons. The minimum Gasteiger partial charge on any atom is -0.507 e. The standard InChI is InChI=1S/C29H35N3O2/c1-21(2)20-32-24(14-10-22-12-16-26(30(3)4)18-28(22)33)8-7-9-25(32)15-11-23-13-17-27(31(5)6)19-29(23)34/h7-19,21H,20H2,1-6H3,(H,33,34)/p+1. The quantitative estimate of drug-likeness (QED) is 0.437. The minimum atomic E-state index is 0.255. The summed E-state index contributed by atoms with van der Waals surface area (Å²) in [6.07, 6.45) is 7.96. The third-order valence-electron chi connectivity index (χ3n) is 5.63. The Morgan fingerprint density at radius 2 is 1.15 bits per heavy atom. The van der Waals surface area contributed by atoms with Crippen molar-refractivity contribution in [2.45, 2.75) is 20.4 Å². The molecular formula is C29H36N3O2+. The van der Waals surface area contributed by atoms with Crippen LogP contribution in [0.3, 0.4) is 0 Å². The molecule has 0 atom stereocenters. The molecule has 0 bridgehead atoms.